The molecule has 24 heavy (non-hydrogen) atoms. The molecule has 0 heterocycles. The third kappa shape index (κ3) is 8.39. The van der Waals surface area contributed by atoms with E-state index in [0.29, 0.717) is 5.41 Å². The van der Waals surface area contributed by atoms with E-state index in [-0.39, 0.29) is 0 Å². The molecule has 0 aromatic carbocycles. The van der Waals surface area contributed by atoms with Crippen molar-refractivity contribution in [2.75, 3.05) is 0 Å². The molecular formula is C24H52. The molecule has 0 nitrogen and oxygen atoms in total. The van der Waals surface area contributed by atoms with E-state index in [2.05, 4.69) is 41.5 Å². The van der Waals surface area contributed by atoms with E-state index in [4.69, 9.17) is 0 Å². The predicted molar refractivity (Wildman–Crippen MR) is 115 cm³/mol. The average molecular weight is 341 g/mol. The molecule has 0 radical (unpaired) electrons. The smallest absolute Gasteiger partial charge is 0.0277 e. The molecule has 2 fully saturated rings. The minimum atomic E-state index is 0.694. The summed E-state index contributed by atoms with van der Waals surface area (Å²) in [4.78, 5) is 0. The Hall–Kier alpha value is 0. The van der Waals surface area contributed by atoms with Gasteiger partial charge >= 0.3 is 0 Å². The van der Waals surface area contributed by atoms with Crippen molar-refractivity contribution < 1.29 is 0 Å². The largest absolute Gasteiger partial charge is 0.0683 e. The second-order valence-corrected chi connectivity index (χ2v) is 8.45. The monoisotopic (exact) mass is 340 g/mol. The fourth-order valence-corrected chi connectivity index (χ4v) is 4.36. The van der Waals surface area contributed by atoms with E-state index in [1.807, 2.05) is 27.7 Å². The van der Waals surface area contributed by atoms with Crippen LogP contribution in [-0.2, 0) is 0 Å². The van der Waals surface area contributed by atoms with Gasteiger partial charge in [0.2, 0.25) is 0 Å². The lowest BCUT2D eigenvalue weighted by atomic mass is 9.65. The van der Waals surface area contributed by atoms with Crippen LogP contribution in [0, 0.1) is 22.7 Å². The molecule has 2 aliphatic rings. The Balaban J connectivity index is 0. The fraction of sp³-hybridized carbons (Fsp3) is 1.00. The number of hydrogen-bond acceptors (Lipinski definition) is 0. The van der Waals surface area contributed by atoms with Crippen LogP contribution in [0.4, 0.5) is 0 Å². The van der Waals surface area contributed by atoms with E-state index < -0.39 is 0 Å². The zero-order valence-corrected chi connectivity index (χ0v) is 19.2. The first kappa shape index (κ1) is 26.2. The highest BCUT2D eigenvalue weighted by Crippen LogP contribution is 2.45. The highest BCUT2D eigenvalue weighted by atomic mass is 14.4. The first-order valence-corrected chi connectivity index (χ1v) is 11.4. The molecule has 0 atom stereocenters. The van der Waals surface area contributed by atoms with Gasteiger partial charge in [-0.05, 0) is 48.3 Å². The van der Waals surface area contributed by atoms with Crippen LogP contribution in [0.15, 0.2) is 0 Å². The van der Waals surface area contributed by atoms with Crippen molar-refractivity contribution in [3.05, 3.63) is 0 Å². The number of hydrogen-bond donors (Lipinski definition) is 0. The molecule has 0 amide bonds. The highest BCUT2D eigenvalue weighted by Gasteiger charge is 2.33. The Morgan fingerprint density at radius 1 is 0.625 bits per heavy atom. The van der Waals surface area contributed by atoms with Gasteiger partial charge in [0.15, 0.2) is 0 Å². The summed E-state index contributed by atoms with van der Waals surface area (Å²) in [7, 11) is 0. The minimum absolute atomic E-state index is 0.694. The molecule has 2 saturated carbocycles. The van der Waals surface area contributed by atoms with Crippen LogP contribution in [0.1, 0.15) is 133 Å². The Labute approximate surface area is 156 Å². The molecule has 0 aliphatic heterocycles. The Bertz CT molecular complexity index is 249. The van der Waals surface area contributed by atoms with Crippen molar-refractivity contribution in [1.82, 2.24) is 0 Å². The lowest BCUT2D eigenvalue weighted by molar-refractivity contribution is 0.112. The molecule has 0 unspecified atom stereocenters. The topological polar surface area (TPSA) is 0 Å². The summed E-state index contributed by atoms with van der Waals surface area (Å²) in [6, 6.07) is 0. The summed E-state index contributed by atoms with van der Waals surface area (Å²) in [5.41, 5.74) is 1.41. The summed E-state index contributed by atoms with van der Waals surface area (Å²) in [6.07, 6.45) is 14.7. The second-order valence-electron chi connectivity index (χ2n) is 8.45. The van der Waals surface area contributed by atoms with Gasteiger partial charge in [0, 0.05) is 0 Å². The molecule has 0 heteroatoms. The molecule has 0 aromatic rings. The van der Waals surface area contributed by atoms with Crippen molar-refractivity contribution in [2.24, 2.45) is 22.7 Å². The van der Waals surface area contributed by atoms with E-state index >= 15 is 0 Å². The third-order valence-corrected chi connectivity index (χ3v) is 6.92. The van der Waals surface area contributed by atoms with Crippen LogP contribution >= 0.6 is 0 Å². The summed E-state index contributed by atoms with van der Waals surface area (Å²) in [5, 5.41) is 0. The van der Waals surface area contributed by atoms with Crippen LogP contribution in [0.25, 0.3) is 0 Å². The van der Waals surface area contributed by atoms with Gasteiger partial charge in [0.1, 0.15) is 0 Å². The van der Waals surface area contributed by atoms with E-state index in [0.717, 1.165) is 17.3 Å². The molecule has 0 N–H and O–H groups in total. The van der Waals surface area contributed by atoms with Gasteiger partial charge in [-0.3, -0.25) is 0 Å². The van der Waals surface area contributed by atoms with Crippen LogP contribution in [0.3, 0.4) is 0 Å². The summed E-state index contributed by atoms with van der Waals surface area (Å²) in [5.74, 6) is 1.78. The molecule has 0 bridgehead atoms. The molecule has 148 valence electrons. The lowest BCUT2D eigenvalue weighted by Gasteiger charge is -2.40. The molecule has 2 aliphatic carbocycles. The summed E-state index contributed by atoms with van der Waals surface area (Å²) in [6.45, 7) is 22.3. The van der Waals surface area contributed by atoms with Crippen LogP contribution in [0.5, 0.6) is 0 Å². The van der Waals surface area contributed by atoms with E-state index in [9.17, 15) is 0 Å². The second kappa shape index (κ2) is 14.2. The molecule has 0 spiro atoms. The Morgan fingerprint density at radius 3 is 1.21 bits per heavy atom. The minimum Gasteiger partial charge on any atom is -0.0683 e. The van der Waals surface area contributed by atoms with Gasteiger partial charge in [-0.15, -0.1) is 0 Å². The van der Waals surface area contributed by atoms with Gasteiger partial charge in [-0.2, -0.15) is 0 Å². The standard InChI is InChI=1S/C11H22.C9H18.2C2H6/c1-4-11(10(2)3)8-6-5-7-9-11;1-8(2)9(3)6-4-5-7-9;2*1-2/h10H,4-9H2,1-3H3;8H,4-7H2,1-3H3;2*1-2H3. The average Bonchev–Trinajstić information content (AvgIpc) is 3.08. The Kier molecular flexibility index (Phi) is 15.5. The quantitative estimate of drug-likeness (QED) is 0.480. The van der Waals surface area contributed by atoms with Crippen molar-refractivity contribution in [1.29, 1.82) is 0 Å². The van der Waals surface area contributed by atoms with Crippen LogP contribution in [-0.4, -0.2) is 0 Å². The van der Waals surface area contributed by atoms with Gasteiger partial charge < -0.3 is 0 Å². The van der Waals surface area contributed by atoms with Crippen molar-refractivity contribution >= 4 is 0 Å². The number of rotatable bonds is 3. The normalized spacial score (nSPS) is 21.0. The van der Waals surface area contributed by atoms with Crippen molar-refractivity contribution in [2.45, 2.75) is 133 Å². The maximum absolute atomic E-state index is 2.44. The van der Waals surface area contributed by atoms with Gasteiger partial charge in [0.05, 0.1) is 0 Å². The van der Waals surface area contributed by atoms with Crippen molar-refractivity contribution in [3.8, 4) is 0 Å². The lowest BCUT2D eigenvalue weighted by Crippen LogP contribution is -2.28. The van der Waals surface area contributed by atoms with Gasteiger partial charge in [-0.25, -0.2) is 0 Å². The van der Waals surface area contributed by atoms with Crippen LogP contribution < -0.4 is 0 Å². The molecular weight excluding hydrogens is 288 g/mol. The zero-order chi connectivity index (χ0) is 19.2. The maximum Gasteiger partial charge on any atom is -0.0277 e. The predicted octanol–water partition coefficient (Wildman–Crippen LogP) is 9.28. The van der Waals surface area contributed by atoms with Crippen molar-refractivity contribution in [3.63, 3.8) is 0 Å². The zero-order valence-electron chi connectivity index (χ0n) is 19.2. The summed E-state index contributed by atoms with van der Waals surface area (Å²) >= 11 is 0. The fourth-order valence-electron chi connectivity index (χ4n) is 4.36. The van der Waals surface area contributed by atoms with Crippen LogP contribution in [0.2, 0.25) is 0 Å². The SMILES string of the molecule is CC.CC.CC(C)C1(C)CCCC1.CCC1(C(C)C)CCCCC1. The summed E-state index contributed by atoms with van der Waals surface area (Å²) < 4.78 is 0. The molecule has 0 saturated heterocycles. The van der Waals surface area contributed by atoms with Gasteiger partial charge in [0.25, 0.3) is 0 Å². The Morgan fingerprint density at radius 2 is 1.00 bits per heavy atom. The molecule has 2 rings (SSSR count). The van der Waals surface area contributed by atoms with E-state index in [1.165, 1.54) is 64.2 Å². The van der Waals surface area contributed by atoms with Gasteiger partial charge in [-0.1, -0.05) is 108 Å². The highest BCUT2D eigenvalue weighted by molar-refractivity contribution is 4.84. The maximum atomic E-state index is 2.44. The third-order valence-electron chi connectivity index (χ3n) is 6.92. The molecule has 0 aromatic heterocycles. The van der Waals surface area contributed by atoms with E-state index in [1.54, 1.807) is 0 Å². The first-order chi connectivity index (χ1) is 11.4. The first-order valence-electron chi connectivity index (χ1n) is 11.4.